The van der Waals surface area contributed by atoms with Crippen LogP contribution in [0.3, 0.4) is 0 Å². The second kappa shape index (κ2) is 21.2. The summed E-state index contributed by atoms with van der Waals surface area (Å²) in [5.74, 6) is 2.64. The van der Waals surface area contributed by atoms with Crippen molar-refractivity contribution in [3.63, 3.8) is 0 Å². The van der Waals surface area contributed by atoms with Gasteiger partial charge in [0.05, 0.1) is 52.1 Å². The van der Waals surface area contributed by atoms with Crippen molar-refractivity contribution < 1.29 is 41.3 Å². The minimum absolute atomic E-state index is 0.0243. The number of aryl methyl sites for hydroxylation is 4. The van der Waals surface area contributed by atoms with Gasteiger partial charge in [0.15, 0.2) is 22.7 Å². The average Bonchev–Trinajstić information content (AvgIpc) is 3.77. The molecule has 0 amide bonds. The largest absolute Gasteiger partial charge is 0.493 e. The summed E-state index contributed by atoms with van der Waals surface area (Å²) in [6.07, 6.45) is 3.90. The SMILES string of the molecule is CCCc1nc(C)c2c(=O)[nH]c(-c3cc(S(=O)(=O)N4CC(CCO)C4)ccc3OCC)nn12.CCCc1nc(C)c2c(=O)[nH]c(-c3cc(S(=O)(=O)N4CC(CCO[N+](=O)[O-])C4)ccc3OCC)nn12. The second-order valence-corrected chi connectivity index (χ2v) is 20.6. The summed E-state index contributed by atoms with van der Waals surface area (Å²) in [4.78, 5) is 55.0. The fourth-order valence-electron chi connectivity index (χ4n) is 8.33. The quantitative estimate of drug-likeness (QED) is 0.0726. The highest BCUT2D eigenvalue weighted by Crippen LogP contribution is 2.35. The predicted octanol–water partition coefficient (Wildman–Crippen LogP) is 3.71. The van der Waals surface area contributed by atoms with Gasteiger partial charge in [-0.25, -0.2) is 35.8 Å². The Balaban J connectivity index is 0.000000205. The van der Waals surface area contributed by atoms with Gasteiger partial charge in [-0.3, -0.25) is 9.59 Å². The zero-order valence-corrected chi connectivity index (χ0v) is 40.9. The van der Waals surface area contributed by atoms with Crippen molar-refractivity contribution in [1.82, 2.24) is 47.8 Å². The standard InChI is InChI=1S/C22H28N6O7S.C22H29N5O5S/c1-4-6-19-23-14(3)20-22(29)24-21(25-27(19)20)17-11-16(7-8-18(17)34-5-2)36(32,33)26-12-15(13-26)9-10-35-28(30)31;1-4-6-19-23-14(3)20-22(29)24-21(25-27(19)20)17-11-16(7-8-18(17)32-5-2)33(30,31)26-12-15(13-26)9-10-28/h7-8,11,15H,4-6,9-10,12-13H2,1-3H3,(H,24,25,29);7-8,11,15,28H,4-6,9-10,12-13H2,1-3H3,(H,24,25,29). The second-order valence-electron chi connectivity index (χ2n) is 16.8. The number of nitrogens with one attached hydrogen (secondary N) is 2. The first kappa shape index (κ1) is 50.6. The molecule has 2 aliphatic heterocycles. The van der Waals surface area contributed by atoms with Gasteiger partial charge in [-0.2, -0.15) is 8.61 Å². The van der Waals surface area contributed by atoms with E-state index in [1.807, 2.05) is 20.8 Å². The van der Waals surface area contributed by atoms with Crippen molar-refractivity contribution in [2.24, 2.45) is 11.8 Å². The fourth-order valence-corrected chi connectivity index (χ4v) is 11.6. The van der Waals surface area contributed by atoms with E-state index in [-0.39, 0.29) is 70.7 Å². The maximum Gasteiger partial charge on any atom is 0.294 e. The van der Waals surface area contributed by atoms with Crippen molar-refractivity contribution in [3.05, 3.63) is 90.3 Å². The molecule has 23 nitrogen and oxygen atoms in total. The molecular weight excluding hydrogens is 939 g/mol. The Morgan fingerprint density at radius 3 is 1.51 bits per heavy atom. The van der Waals surface area contributed by atoms with E-state index in [1.54, 1.807) is 37.4 Å². The molecule has 372 valence electrons. The third kappa shape index (κ3) is 10.5. The Bertz CT molecular complexity index is 3190. The molecule has 6 heterocycles. The Labute approximate surface area is 397 Å². The minimum atomic E-state index is -3.84. The number of aliphatic hydroxyl groups excluding tert-OH is 1. The molecule has 2 aliphatic rings. The molecule has 25 heteroatoms. The highest BCUT2D eigenvalue weighted by atomic mass is 32.2. The highest BCUT2D eigenvalue weighted by molar-refractivity contribution is 7.89. The number of hydrogen-bond acceptors (Lipinski definition) is 16. The molecule has 0 saturated carbocycles. The van der Waals surface area contributed by atoms with Crippen molar-refractivity contribution in [2.45, 2.75) is 89.9 Å². The van der Waals surface area contributed by atoms with Gasteiger partial charge in [-0.05, 0) is 102 Å². The molecule has 3 N–H and O–H groups in total. The van der Waals surface area contributed by atoms with E-state index in [2.05, 4.69) is 35.0 Å². The smallest absolute Gasteiger partial charge is 0.294 e. The lowest BCUT2D eigenvalue weighted by molar-refractivity contribution is -0.758. The lowest BCUT2D eigenvalue weighted by Gasteiger charge is -2.38. The van der Waals surface area contributed by atoms with Crippen LogP contribution < -0.4 is 20.6 Å². The van der Waals surface area contributed by atoms with Crippen molar-refractivity contribution >= 4 is 31.1 Å². The summed E-state index contributed by atoms with van der Waals surface area (Å²) in [5.41, 5.74) is 1.87. The first-order chi connectivity index (χ1) is 32.9. The number of aliphatic hydroxyl groups is 1. The summed E-state index contributed by atoms with van der Waals surface area (Å²) < 4.78 is 70.0. The van der Waals surface area contributed by atoms with Crippen LogP contribution in [0, 0.1) is 35.8 Å². The molecule has 2 aromatic carbocycles. The maximum atomic E-state index is 13.3. The lowest BCUT2D eigenvalue weighted by Crippen LogP contribution is -2.50. The zero-order valence-electron chi connectivity index (χ0n) is 39.3. The van der Waals surface area contributed by atoms with Crippen molar-refractivity contribution in [1.29, 1.82) is 0 Å². The topological polar surface area (TPSA) is 292 Å². The van der Waals surface area contributed by atoms with Crippen LogP contribution in [0.5, 0.6) is 11.5 Å². The minimum Gasteiger partial charge on any atom is -0.493 e. The number of fused-ring (bicyclic) bond motifs is 2. The van der Waals surface area contributed by atoms with Crippen LogP contribution in [-0.2, 0) is 37.7 Å². The molecule has 0 bridgehead atoms. The number of H-pyrrole nitrogens is 2. The molecule has 4 aromatic heterocycles. The Morgan fingerprint density at radius 1 is 0.710 bits per heavy atom. The fraction of sp³-hybridized carbons (Fsp3) is 0.500. The summed E-state index contributed by atoms with van der Waals surface area (Å²) in [6.45, 7) is 13.1. The van der Waals surface area contributed by atoms with Gasteiger partial charge in [0.2, 0.25) is 20.0 Å². The van der Waals surface area contributed by atoms with E-state index in [0.717, 1.165) is 12.8 Å². The Kier molecular flexibility index (Phi) is 15.5. The predicted molar refractivity (Wildman–Crippen MR) is 252 cm³/mol. The number of hydrogen-bond donors (Lipinski definition) is 3. The Morgan fingerprint density at radius 2 is 1.13 bits per heavy atom. The van der Waals surface area contributed by atoms with Crippen LogP contribution in [0.25, 0.3) is 33.8 Å². The van der Waals surface area contributed by atoms with E-state index in [4.69, 9.17) is 14.6 Å². The molecule has 0 unspecified atom stereocenters. The highest BCUT2D eigenvalue weighted by Gasteiger charge is 2.38. The molecule has 8 rings (SSSR count). The molecule has 0 atom stereocenters. The lowest BCUT2D eigenvalue weighted by atomic mass is 10.0. The van der Waals surface area contributed by atoms with Crippen LogP contribution in [0.1, 0.15) is 76.4 Å². The van der Waals surface area contributed by atoms with Gasteiger partial charge in [-0.15, -0.1) is 20.3 Å². The molecule has 0 spiro atoms. The molecule has 6 aromatic rings. The average molecular weight is 996 g/mol. The number of nitrogens with zero attached hydrogens (tertiary/aromatic N) is 9. The summed E-state index contributed by atoms with van der Waals surface area (Å²) >= 11 is 0. The molecule has 2 saturated heterocycles. The van der Waals surface area contributed by atoms with E-state index >= 15 is 0 Å². The molecule has 2 fully saturated rings. The summed E-state index contributed by atoms with van der Waals surface area (Å²) in [6, 6.07) is 9.03. The van der Waals surface area contributed by atoms with Gasteiger partial charge in [0.25, 0.3) is 16.2 Å². The third-order valence-corrected chi connectivity index (χ3v) is 15.5. The normalized spacial score (nSPS) is 14.9. The van der Waals surface area contributed by atoms with Crippen LogP contribution >= 0.6 is 0 Å². The number of benzene rings is 2. The molecule has 69 heavy (non-hydrogen) atoms. The summed E-state index contributed by atoms with van der Waals surface area (Å²) in [7, 11) is -7.56. The third-order valence-electron chi connectivity index (χ3n) is 11.8. The molecule has 0 aliphatic carbocycles. The zero-order chi connectivity index (χ0) is 49.8. The van der Waals surface area contributed by atoms with Crippen molar-refractivity contribution in [3.8, 4) is 34.3 Å². The van der Waals surface area contributed by atoms with E-state index in [0.29, 0.717) is 109 Å². The van der Waals surface area contributed by atoms with Crippen LogP contribution in [0.2, 0.25) is 0 Å². The van der Waals surface area contributed by atoms with Crippen LogP contribution in [0.4, 0.5) is 0 Å². The Hall–Kier alpha value is -6.28. The maximum absolute atomic E-state index is 13.3. The molecule has 0 radical (unpaired) electrons. The first-order valence-electron chi connectivity index (χ1n) is 22.8. The van der Waals surface area contributed by atoms with Gasteiger partial charge in [0, 0.05) is 45.6 Å². The van der Waals surface area contributed by atoms with Gasteiger partial charge in [-0.1, -0.05) is 13.8 Å². The van der Waals surface area contributed by atoms with Crippen LogP contribution in [0.15, 0.2) is 55.8 Å². The van der Waals surface area contributed by atoms with Crippen molar-refractivity contribution in [2.75, 3.05) is 52.6 Å². The van der Waals surface area contributed by atoms with Gasteiger partial charge >= 0.3 is 0 Å². The number of ether oxygens (including phenoxy) is 2. The summed E-state index contributed by atoms with van der Waals surface area (Å²) in [5, 5.41) is 27.7. The van der Waals surface area contributed by atoms with Gasteiger partial charge < -0.3 is 29.4 Å². The number of rotatable bonds is 20. The molecular formula is C44H57N11O12S2. The van der Waals surface area contributed by atoms with Crippen LogP contribution in [-0.4, -0.2) is 127 Å². The number of aromatic amines is 2. The van der Waals surface area contributed by atoms with E-state index < -0.39 is 25.1 Å². The number of imidazole rings is 2. The van der Waals surface area contributed by atoms with E-state index in [1.165, 1.54) is 37.4 Å². The monoisotopic (exact) mass is 995 g/mol. The van der Waals surface area contributed by atoms with Gasteiger partial charge in [0.1, 0.15) is 23.1 Å². The number of sulfonamides is 2. The number of aromatic nitrogens is 8. The first-order valence-corrected chi connectivity index (χ1v) is 25.7. The van der Waals surface area contributed by atoms with E-state index in [9.17, 15) is 36.5 Å².